The largest absolute Gasteiger partial charge is 0.393 e. The molecule has 2 aliphatic carbocycles. The lowest BCUT2D eigenvalue weighted by atomic mass is 9.86. The molecule has 0 aliphatic heterocycles. The van der Waals surface area contributed by atoms with Crippen molar-refractivity contribution in [1.82, 2.24) is 0 Å². The second kappa shape index (κ2) is 21.8. The molecule has 2 aliphatic rings. The number of methoxy groups -OCH3 is 1. The van der Waals surface area contributed by atoms with E-state index in [1.807, 2.05) is 18.2 Å². The van der Waals surface area contributed by atoms with Gasteiger partial charge in [-0.25, -0.2) is 0 Å². The maximum Gasteiger partial charge on any atom is 0.106 e. The lowest BCUT2D eigenvalue weighted by Gasteiger charge is -2.27. The standard InChI is InChI=1S/C43H58O4/c1-35-14-9-10-18-37(25-24-35)26-27-38(32-41(44)23-12-11-17-36-15-5-3-6-16-36)21-13-22-39-28-29-42(43(33-39)46-31-30-45-2)47-34-40-19-7-4-8-20-40/h3-10,14-16,18-20,25,28-29,33,35,38,41-44H,11-13,17,21-24,26-27,30-32,34H2,1-2H3. The quantitative estimate of drug-likeness (QED) is 0.138. The molecule has 4 heteroatoms. The van der Waals surface area contributed by atoms with Crippen molar-refractivity contribution in [2.24, 2.45) is 11.8 Å². The molecule has 0 bridgehead atoms. The summed E-state index contributed by atoms with van der Waals surface area (Å²) in [6, 6.07) is 21.0. The molecular formula is C43H58O4. The zero-order chi connectivity index (χ0) is 32.9. The number of hydrogen-bond acceptors (Lipinski definition) is 4. The van der Waals surface area contributed by atoms with Crippen LogP contribution in [0.5, 0.6) is 0 Å². The molecule has 0 amide bonds. The van der Waals surface area contributed by atoms with Crippen LogP contribution in [0.25, 0.3) is 0 Å². The van der Waals surface area contributed by atoms with Crippen LogP contribution in [0, 0.1) is 11.8 Å². The number of unbranched alkanes of at least 4 members (excludes halogenated alkanes) is 1. The fraction of sp³-hybridized carbons (Fsp3) is 0.488. The molecule has 4 nitrogen and oxygen atoms in total. The highest BCUT2D eigenvalue weighted by Gasteiger charge is 2.23. The van der Waals surface area contributed by atoms with Crippen molar-refractivity contribution in [3.8, 4) is 0 Å². The van der Waals surface area contributed by atoms with Gasteiger partial charge >= 0.3 is 0 Å². The molecule has 0 aromatic heterocycles. The smallest absolute Gasteiger partial charge is 0.106 e. The zero-order valence-electron chi connectivity index (χ0n) is 28.9. The number of ether oxygens (including phenoxy) is 3. The van der Waals surface area contributed by atoms with Gasteiger partial charge in [-0.3, -0.25) is 0 Å². The molecule has 0 saturated heterocycles. The van der Waals surface area contributed by atoms with Gasteiger partial charge < -0.3 is 19.3 Å². The van der Waals surface area contributed by atoms with Gasteiger partial charge in [0.05, 0.1) is 25.9 Å². The molecule has 4 rings (SSSR count). The van der Waals surface area contributed by atoms with E-state index in [2.05, 4.69) is 98.0 Å². The highest BCUT2D eigenvalue weighted by molar-refractivity contribution is 5.28. The minimum Gasteiger partial charge on any atom is -0.393 e. The van der Waals surface area contributed by atoms with E-state index >= 15 is 0 Å². The van der Waals surface area contributed by atoms with Gasteiger partial charge in [0.2, 0.25) is 0 Å². The van der Waals surface area contributed by atoms with Crippen molar-refractivity contribution in [2.45, 2.75) is 102 Å². The fourth-order valence-electron chi connectivity index (χ4n) is 6.49. The second-order valence-electron chi connectivity index (χ2n) is 13.3. The number of aryl methyl sites for hydroxylation is 1. The Kier molecular flexibility index (Phi) is 17.1. The first-order valence-corrected chi connectivity index (χ1v) is 18.0. The Morgan fingerprint density at radius 2 is 1.51 bits per heavy atom. The highest BCUT2D eigenvalue weighted by atomic mass is 16.6. The molecule has 5 atom stereocenters. The van der Waals surface area contributed by atoms with Crippen LogP contribution in [0.1, 0.15) is 82.3 Å². The number of rotatable bonds is 21. The fourth-order valence-corrected chi connectivity index (χ4v) is 6.49. The van der Waals surface area contributed by atoms with Gasteiger partial charge in [0.25, 0.3) is 0 Å². The van der Waals surface area contributed by atoms with E-state index in [-0.39, 0.29) is 18.3 Å². The molecule has 2 aromatic carbocycles. The topological polar surface area (TPSA) is 47.9 Å². The Bertz CT molecular complexity index is 1280. The van der Waals surface area contributed by atoms with Crippen molar-refractivity contribution in [2.75, 3.05) is 20.3 Å². The molecule has 0 heterocycles. The summed E-state index contributed by atoms with van der Waals surface area (Å²) in [4.78, 5) is 0. The predicted molar refractivity (Wildman–Crippen MR) is 195 cm³/mol. The Morgan fingerprint density at radius 1 is 0.723 bits per heavy atom. The normalized spacial score (nSPS) is 20.7. The number of benzene rings is 2. The Hall–Kier alpha value is -3.02. The van der Waals surface area contributed by atoms with Gasteiger partial charge in [-0.05, 0) is 92.4 Å². The summed E-state index contributed by atoms with van der Waals surface area (Å²) in [6.45, 7) is 3.93. The molecule has 0 radical (unpaired) electrons. The molecule has 254 valence electrons. The first-order chi connectivity index (χ1) is 23.1. The van der Waals surface area contributed by atoms with Crippen molar-refractivity contribution in [3.05, 3.63) is 132 Å². The van der Waals surface area contributed by atoms with Gasteiger partial charge in [-0.1, -0.05) is 129 Å². The predicted octanol–water partition coefficient (Wildman–Crippen LogP) is 9.91. The second-order valence-corrected chi connectivity index (χ2v) is 13.3. The average molecular weight is 639 g/mol. The van der Waals surface area contributed by atoms with Crippen LogP contribution in [0.4, 0.5) is 0 Å². The number of hydrogen-bond donors (Lipinski definition) is 1. The number of allylic oxidation sites excluding steroid dienone is 8. The van der Waals surface area contributed by atoms with E-state index in [4.69, 9.17) is 14.2 Å². The van der Waals surface area contributed by atoms with Crippen molar-refractivity contribution in [1.29, 1.82) is 0 Å². The van der Waals surface area contributed by atoms with Gasteiger partial charge in [0.15, 0.2) is 0 Å². The van der Waals surface area contributed by atoms with E-state index in [1.165, 1.54) is 16.7 Å². The minimum absolute atomic E-state index is 0.122. The lowest BCUT2D eigenvalue weighted by molar-refractivity contribution is -0.0483. The SMILES string of the molecule is COCCOC1C=C(CCCC(CCC2=CCC(C)C=CC=C2)CC(O)CCCCc2ccccc2)C=CC1OCc1ccccc1. The first kappa shape index (κ1) is 36.8. The summed E-state index contributed by atoms with van der Waals surface area (Å²) in [6.07, 6.45) is 29.0. The van der Waals surface area contributed by atoms with E-state index in [1.54, 1.807) is 7.11 Å². The third-order valence-electron chi connectivity index (χ3n) is 9.32. The molecule has 5 unspecified atom stereocenters. The van der Waals surface area contributed by atoms with Crippen LogP contribution in [0.15, 0.2) is 120 Å². The Balaban J connectivity index is 1.30. The maximum atomic E-state index is 11.1. The molecule has 0 spiro atoms. The van der Waals surface area contributed by atoms with E-state index in [0.717, 1.165) is 76.2 Å². The van der Waals surface area contributed by atoms with E-state index in [0.29, 0.717) is 31.7 Å². The van der Waals surface area contributed by atoms with Crippen molar-refractivity contribution in [3.63, 3.8) is 0 Å². The van der Waals surface area contributed by atoms with E-state index < -0.39 is 0 Å². The number of aliphatic hydroxyl groups is 1. The van der Waals surface area contributed by atoms with Crippen LogP contribution >= 0.6 is 0 Å². The third kappa shape index (κ3) is 14.7. The average Bonchev–Trinajstić information content (AvgIpc) is 3.08. The first-order valence-electron chi connectivity index (χ1n) is 18.0. The van der Waals surface area contributed by atoms with Gasteiger partial charge in [0, 0.05) is 7.11 Å². The molecule has 0 saturated carbocycles. The van der Waals surface area contributed by atoms with E-state index in [9.17, 15) is 5.11 Å². The number of aliphatic hydroxyl groups excluding tert-OH is 1. The Morgan fingerprint density at radius 3 is 2.30 bits per heavy atom. The summed E-state index contributed by atoms with van der Waals surface area (Å²) >= 11 is 0. The van der Waals surface area contributed by atoms with Crippen LogP contribution < -0.4 is 0 Å². The molecule has 0 fully saturated rings. The molecular weight excluding hydrogens is 580 g/mol. The van der Waals surface area contributed by atoms with Crippen LogP contribution in [0.2, 0.25) is 0 Å². The highest BCUT2D eigenvalue weighted by Crippen LogP contribution is 2.28. The molecule has 1 N–H and O–H groups in total. The van der Waals surface area contributed by atoms with Crippen molar-refractivity contribution >= 4 is 0 Å². The Labute approximate surface area is 284 Å². The summed E-state index contributed by atoms with van der Waals surface area (Å²) in [7, 11) is 1.70. The minimum atomic E-state index is -0.240. The lowest BCUT2D eigenvalue weighted by Crippen LogP contribution is -2.31. The maximum absolute atomic E-state index is 11.1. The van der Waals surface area contributed by atoms with Crippen LogP contribution in [-0.2, 0) is 27.2 Å². The summed E-state index contributed by atoms with van der Waals surface area (Å²) in [5, 5.41) is 11.1. The van der Waals surface area contributed by atoms with Crippen LogP contribution in [0.3, 0.4) is 0 Å². The van der Waals surface area contributed by atoms with Crippen LogP contribution in [-0.4, -0.2) is 43.7 Å². The van der Waals surface area contributed by atoms with Gasteiger partial charge in [-0.15, -0.1) is 0 Å². The zero-order valence-corrected chi connectivity index (χ0v) is 28.9. The van der Waals surface area contributed by atoms with Gasteiger partial charge in [-0.2, -0.15) is 0 Å². The monoisotopic (exact) mass is 638 g/mol. The summed E-state index contributed by atoms with van der Waals surface area (Å²) < 4.78 is 17.7. The molecule has 2 aromatic rings. The molecule has 47 heavy (non-hydrogen) atoms. The van der Waals surface area contributed by atoms with Crippen molar-refractivity contribution < 1.29 is 19.3 Å². The summed E-state index contributed by atoms with van der Waals surface area (Å²) in [5.74, 6) is 1.07. The van der Waals surface area contributed by atoms with Gasteiger partial charge in [0.1, 0.15) is 12.2 Å². The summed E-state index contributed by atoms with van der Waals surface area (Å²) in [5.41, 5.74) is 5.28. The third-order valence-corrected chi connectivity index (χ3v) is 9.32.